The van der Waals surface area contributed by atoms with Crippen LogP contribution >= 0.6 is 39.1 Å². The molecule has 0 spiro atoms. The van der Waals surface area contributed by atoms with Crippen molar-refractivity contribution in [1.82, 2.24) is 4.98 Å². The molecule has 1 aromatic heterocycles. The fraction of sp³-hybridized carbons (Fsp3) is 0.615. The smallest absolute Gasteiger partial charge is 0.0410 e. The number of halogens is 3. The molecule has 96 valence electrons. The number of pyridine rings is 1. The van der Waals surface area contributed by atoms with Crippen molar-refractivity contribution in [3.05, 3.63) is 28.5 Å². The molecule has 0 aliphatic rings. The number of aromatic nitrogens is 1. The molecule has 0 atom stereocenters. The van der Waals surface area contributed by atoms with Gasteiger partial charge in [-0.1, -0.05) is 13.8 Å². The van der Waals surface area contributed by atoms with E-state index >= 15 is 0 Å². The van der Waals surface area contributed by atoms with Crippen LogP contribution in [0.3, 0.4) is 0 Å². The summed E-state index contributed by atoms with van der Waals surface area (Å²) in [6.45, 7) is 4.40. The van der Waals surface area contributed by atoms with Gasteiger partial charge in [-0.25, -0.2) is 0 Å². The molecule has 0 saturated carbocycles. The molecule has 0 amide bonds. The van der Waals surface area contributed by atoms with Gasteiger partial charge in [0.1, 0.15) is 0 Å². The van der Waals surface area contributed by atoms with E-state index in [0.717, 1.165) is 17.3 Å². The minimum atomic E-state index is -0.0280. The van der Waals surface area contributed by atoms with Crippen molar-refractivity contribution >= 4 is 39.1 Å². The van der Waals surface area contributed by atoms with Gasteiger partial charge in [0, 0.05) is 34.0 Å². The van der Waals surface area contributed by atoms with Crippen molar-refractivity contribution in [3.8, 4) is 0 Å². The maximum atomic E-state index is 6.14. The van der Waals surface area contributed by atoms with E-state index < -0.39 is 0 Å². The number of alkyl halides is 2. The lowest BCUT2D eigenvalue weighted by Gasteiger charge is -2.31. The molecule has 1 nitrogen and oxygen atoms in total. The second kappa shape index (κ2) is 6.96. The van der Waals surface area contributed by atoms with Crippen molar-refractivity contribution in [2.45, 2.75) is 26.7 Å². The Morgan fingerprint density at radius 1 is 1.29 bits per heavy atom. The van der Waals surface area contributed by atoms with E-state index in [1.165, 1.54) is 5.56 Å². The molecule has 0 aliphatic heterocycles. The second-order valence-electron chi connectivity index (χ2n) is 5.05. The van der Waals surface area contributed by atoms with Crippen LogP contribution in [0.4, 0.5) is 0 Å². The summed E-state index contributed by atoms with van der Waals surface area (Å²) in [6.07, 6.45) is 5.59. The molecule has 0 N–H and O–H groups in total. The van der Waals surface area contributed by atoms with Gasteiger partial charge in [0.2, 0.25) is 0 Å². The number of rotatable bonds is 6. The van der Waals surface area contributed by atoms with Gasteiger partial charge >= 0.3 is 0 Å². The van der Waals surface area contributed by atoms with Crippen molar-refractivity contribution in [2.24, 2.45) is 11.3 Å². The highest BCUT2D eigenvalue weighted by Gasteiger charge is 2.29. The predicted molar refractivity (Wildman–Crippen MR) is 79.0 cm³/mol. The topological polar surface area (TPSA) is 12.9 Å². The molecular weight excluding hydrogens is 321 g/mol. The summed E-state index contributed by atoms with van der Waals surface area (Å²) in [4.78, 5) is 4.18. The molecule has 0 aromatic carbocycles. The summed E-state index contributed by atoms with van der Waals surface area (Å²) in [5, 5.41) is 0. The molecule has 1 aromatic rings. The highest BCUT2D eigenvalue weighted by molar-refractivity contribution is 9.10. The van der Waals surface area contributed by atoms with Crippen molar-refractivity contribution in [1.29, 1.82) is 0 Å². The van der Waals surface area contributed by atoms with Crippen LogP contribution in [-0.2, 0) is 6.42 Å². The molecule has 1 rings (SSSR count). The molecule has 1 heterocycles. The standard InChI is InChI=1S/C13H18BrCl2N/c1-10(2)4-13(8-15,9-16)5-11-3-12(14)7-17-6-11/h3,6-7,10H,4-5,8-9H2,1-2H3. The molecule has 0 bridgehead atoms. The van der Waals surface area contributed by atoms with E-state index in [-0.39, 0.29) is 5.41 Å². The third kappa shape index (κ3) is 4.76. The predicted octanol–water partition coefficient (Wildman–Crippen LogP) is 4.90. The van der Waals surface area contributed by atoms with Crippen LogP contribution in [0, 0.1) is 11.3 Å². The van der Waals surface area contributed by atoms with Crippen molar-refractivity contribution in [3.63, 3.8) is 0 Å². The molecule has 0 saturated heterocycles. The first-order chi connectivity index (χ1) is 8.01. The zero-order chi connectivity index (χ0) is 12.9. The van der Waals surface area contributed by atoms with Crippen LogP contribution in [0.15, 0.2) is 22.9 Å². The lowest BCUT2D eigenvalue weighted by atomic mass is 9.79. The molecule has 0 unspecified atom stereocenters. The molecule has 0 aliphatic carbocycles. The van der Waals surface area contributed by atoms with Gasteiger partial charge in [-0.3, -0.25) is 4.98 Å². The van der Waals surface area contributed by atoms with Crippen LogP contribution in [0.2, 0.25) is 0 Å². The first kappa shape index (κ1) is 15.3. The van der Waals surface area contributed by atoms with Gasteiger partial charge in [-0.05, 0) is 46.3 Å². The first-order valence-corrected chi connectivity index (χ1v) is 7.59. The van der Waals surface area contributed by atoms with E-state index in [4.69, 9.17) is 23.2 Å². The van der Waals surface area contributed by atoms with Crippen LogP contribution in [0.1, 0.15) is 25.8 Å². The Morgan fingerprint density at radius 3 is 2.41 bits per heavy atom. The monoisotopic (exact) mass is 337 g/mol. The summed E-state index contributed by atoms with van der Waals surface area (Å²) in [5.74, 6) is 1.76. The summed E-state index contributed by atoms with van der Waals surface area (Å²) in [7, 11) is 0. The summed E-state index contributed by atoms with van der Waals surface area (Å²) < 4.78 is 0.998. The largest absolute Gasteiger partial charge is 0.263 e. The molecule has 0 radical (unpaired) electrons. The lowest BCUT2D eigenvalue weighted by Crippen LogP contribution is -2.30. The molecule has 0 fully saturated rings. The Kier molecular flexibility index (Phi) is 6.25. The van der Waals surface area contributed by atoms with E-state index in [2.05, 4.69) is 40.8 Å². The maximum absolute atomic E-state index is 6.14. The van der Waals surface area contributed by atoms with E-state index in [9.17, 15) is 0 Å². The Bertz CT molecular complexity index is 351. The molecule has 4 heteroatoms. The van der Waals surface area contributed by atoms with Gasteiger partial charge < -0.3 is 0 Å². The first-order valence-electron chi connectivity index (χ1n) is 5.73. The fourth-order valence-corrected chi connectivity index (χ4v) is 3.27. The average molecular weight is 339 g/mol. The summed E-state index contributed by atoms with van der Waals surface area (Å²) in [5.41, 5.74) is 1.15. The fourth-order valence-electron chi connectivity index (χ4n) is 2.16. The second-order valence-corrected chi connectivity index (χ2v) is 6.50. The number of hydrogen-bond donors (Lipinski definition) is 0. The number of hydrogen-bond acceptors (Lipinski definition) is 1. The Labute approximate surface area is 122 Å². The maximum Gasteiger partial charge on any atom is 0.0410 e. The van der Waals surface area contributed by atoms with Crippen LogP contribution in [0.25, 0.3) is 0 Å². The van der Waals surface area contributed by atoms with Gasteiger partial charge in [0.15, 0.2) is 0 Å². The normalized spacial score (nSPS) is 12.1. The Hall–Kier alpha value is 0.210. The highest BCUT2D eigenvalue weighted by atomic mass is 79.9. The SMILES string of the molecule is CC(C)CC(CCl)(CCl)Cc1cncc(Br)c1. The van der Waals surface area contributed by atoms with Crippen LogP contribution < -0.4 is 0 Å². The summed E-state index contributed by atoms with van der Waals surface area (Å²) in [6, 6.07) is 2.08. The summed E-state index contributed by atoms with van der Waals surface area (Å²) >= 11 is 15.7. The number of nitrogens with zero attached hydrogens (tertiary/aromatic N) is 1. The lowest BCUT2D eigenvalue weighted by molar-refractivity contribution is 0.295. The van der Waals surface area contributed by atoms with Gasteiger partial charge in [-0.2, -0.15) is 0 Å². The van der Waals surface area contributed by atoms with E-state index in [0.29, 0.717) is 17.7 Å². The Balaban J connectivity index is 2.85. The zero-order valence-electron chi connectivity index (χ0n) is 10.2. The van der Waals surface area contributed by atoms with Crippen LogP contribution in [0.5, 0.6) is 0 Å². The van der Waals surface area contributed by atoms with Crippen LogP contribution in [-0.4, -0.2) is 16.7 Å². The molecule has 17 heavy (non-hydrogen) atoms. The third-order valence-electron chi connectivity index (χ3n) is 2.75. The average Bonchev–Trinajstić information content (AvgIpc) is 2.27. The quantitative estimate of drug-likeness (QED) is 0.672. The van der Waals surface area contributed by atoms with Crippen molar-refractivity contribution < 1.29 is 0 Å². The highest BCUT2D eigenvalue weighted by Crippen LogP contribution is 2.34. The van der Waals surface area contributed by atoms with Crippen molar-refractivity contribution in [2.75, 3.05) is 11.8 Å². The van der Waals surface area contributed by atoms with Gasteiger partial charge in [0.25, 0.3) is 0 Å². The van der Waals surface area contributed by atoms with Gasteiger partial charge in [0.05, 0.1) is 0 Å². The van der Waals surface area contributed by atoms with E-state index in [1.54, 1.807) is 6.20 Å². The van der Waals surface area contributed by atoms with E-state index in [1.807, 2.05) is 6.20 Å². The zero-order valence-corrected chi connectivity index (χ0v) is 13.3. The third-order valence-corrected chi connectivity index (χ3v) is 4.32. The minimum Gasteiger partial charge on any atom is -0.263 e. The molecular formula is C13H18BrCl2N. The van der Waals surface area contributed by atoms with Gasteiger partial charge in [-0.15, -0.1) is 23.2 Å². The Morgan fingerprint density at radius 2 is 1.94 bits per heavy atom. The minimum absolute atomic E-state index is 0.0280.